The van der Waals surface area contributed by atoms with E-state index in [1.807, 2.05) is 9.58 Å². The summed E-state index contributed by atoms with van der Waals surface area (Å²) in [6.45, 7) is 2.02. The summed E-state index contributed by atoms with van der Waals surface area (Å²) in [4.78, 5) is 18.7. The van der Waals surface area contributed by atoms with Crippen LogP contribution in [0.4, 0.5) is 0 Å². The number of methoxy groups -OCH3 is 1. The molecule has 1 amide bonds. The van der Waals surface area contributed by atoms with E-state index < -0.39 is 0 Å². The summed E-state index contributed by atoms with van der Waals surface area (Å²) in [5.74, 6) is 0.687. The number of ether oxygens (including phenoxy) is 1. The normalized spacial score (nSPS) is 20.6. The van der Waals surface area contributed by atoms with Gasteiger partial charge in [-0.2, -0.15) is 0 Å². The standard InChI is InChI=1S/C15H19N5O2S/c1-22-7-13-14-12(20(18-17-14)6-10-2-3-10)4-5-19(13)15(21)11-8-23-9-16-11/h8-10,13H,2-7H2,1H3. The van der Waals surface area contributed by atoms with Crippen LogP contribution in [0.3, 0.4) is 0 Å². The number of aromatic nitrogens is 4. The van der Waals surface area contributed by atoms with Gasteiger partial charge in [0.2, 0.25) is 0 Å². The molecule has 0 radical (unpaired) electrons. The van der Waals surface area contributed by atoms with Gasteiger partial charge in [-0.3, -0.25) is 4.79 Å². The van der Waals surface area contributed by atoms with E-state index in [0.29, 0.717) is 18.8 Å². The van der Waals surface area contributed by atoms with Crippen LogP contribution in [0, 0.1) is 5.92 Å². The third kappa shape index (κ3) is 2.76. The van der Waals surface area contributed by atoms with E-state index in [1.165, 1.54) is 24.2 Å². The third-order valence-corrected chi connectivity index (χ3v) is 5.10. The fraction of sp³-hybridized carbons (Fsp3) is 0.600. The van der Waals surface area contributed by atoms with E-state index in [2.05, 4.69) is 15.3 Å². The molecule has 0 N–H and O–H groups in total. The molecule has 1 atom stereocenters. The summed E-state index contributed by atoms with van der Waals surface area (Å²) >= 11 is 1.43. The molecule has 1 aliphatic heterocycles. The van der Waals surface area contributed by atoms with Crippen LogP contribution in [-0.4, -0.2) is 51.0 Å². The van der Waals surface area contributed by atoms with Crippen LogP contribution < -0.4 is 0 Å². The molecule has 2 aliphatic rings. The molecule has 0 spiro atoms. The Kier molecular flexibility index (Phi) is 3.86. The molecule has 2 aromatic heterocycles. The van der Waals surface area contributed by atoms with Gasteiger partial charge in [-0.15, -0.1) is 16.4 Å². The first kappa shape index (κ1) is 14.8. The number of hydrogen-bond acceptors (Lipinski definition) is 6. The van der Waals surface area contributed by atoms with Gasteiger partial charge in [0.05, 0.1) is 17.8 Å². The van der Waals surface area contributed by atoms with Crippen molar-refractivity contribution in [3.05, 3.63) is 28.0 Å². The van der Waals surface area contributed by atoms with Gasteiger partial charge in [-0.1, -0.05) is 5.21 Å². The maximum Gasteiger partial charge on any atom is 0.273 e. The summed E-state index contributed by atoms with van der Waals surface area (Å²) < 4.78 is 7.38. The lowest BCUT2D eigenvalue weighted by molar-refractivity contribution is 0.0485. The first-order chi connectivity index (χ1) is 11.3. The van der Waals surface area contributed by atoms with Crippen LogP contribution in [-0.2, 0) is 17.7 Å². The topological polar surface area (TPSA) is 73.1 Å². The number of fused-ring (bicyclic) bond motifs is 1. The summed E-state index contributed by atoms with van der Waals surface area (Å²) in [7, 11) is 1.65. The number of hydrogen-bond donors (Lipinski definition) is 0. The van der Waals surface area contributed by atoms with Gasteiger partial charge in [-0.05, 0) is 18.8 Å². The maximum atomic E-state index is 12.7. The Morgan fingerprint density at radius 1 is 1.48 bits per heavy atom. The van der Waals surface area contributed by atoms with E-state index in [-0.39, 0.29) is 11.9 Å². The van der Waals surface area contributed by atoms with Crippen molar-refractivity contribution in [1.29, 1.82) is 0 Å². The Morgan fingerprint density at radius 3 is 3.04 bits per heavy atom. The van der Waals surface area contributed by atoms with Crippen LogP contribution in [0.2, 0.25) is 0 Å². The molecule has 3 heterocycles. The number of amides is 1. The Morgan fingerprint density at radius 2 is 2.35 bits per heavy atom. The minimum Gasteiger partial charge on any atom is -0.382 e. The van der Waals surface area contributed by atoms with Crippen molar-refractivity contribution < 1.29 is 9.53 Å². The average Bonchev–Trinajstić information content (AvgIpc) is 3.05. The molecule has 0 saturated heterocycles. The first-order valence-electron chi connectivity index (χ1n) is 7.88. The molecule has 7 nitrogen and oxygen atoms in total. The van der Waals surface area contributed by atoms with Crippen molar-refractivity contribution in [2.45, 2.75) is 31.8 Å². The lowest BCUT2D eigenvalue weighted by Crippen LogP contribution is -2.42. The number of thiazole rings is 1. The van der Waals surface area contributed by atoms with Gasteiger partial charge < -0.3 is 9.64 Å². The molecular weight excluding hydrogens is 314 g/mol. The van der Waals surface area contributed by atoms with Crippen LogP contribution in [0.5, 0.6) is 0 Å². The highest BCUT2D eigenvalue weighted by Gasteiger charge is 2.36. The molecule has 23 heavy (non-hydrogen) atoms. The zero-order chi connectivity index (χ0) is 15.8. The van der Waals surface area contributed by atoms with Crippen molar-refractivity contribution >= 4 is 17.2 Å². The number of rotatable bonds is 5. The summed E-state index contributed by atoms with van der Waals surface area (Å²) in [5.41, 5.74) is 4.20. The largest absolute Gasteiger partial charge is 0.382 e. The van der Waals surface area contributed by atoms with Crippen molar-refractivity contribution in [2.75, 3.05) is 20.3 Å². The molecule has 1 saturated carbocycles. The zero-order valence-corrected chi connectivity index (χ0v) is 13.8. The average molecular weight is 333 g/mol. The molecule has 122 valence electrons. The molecule has 0 bridgehead atoms. The second-order valence-electron chi connectivity index (χ2n) is 6.14. The molecule has 0 aromatic carbocycles. The quantitative estimate of drug-likeness (QED) is 0.830. The zero-order valence-electron chi connectivity index (χ0n) is 13.0. The summed E-state index contributed by atoms with van der Waals surface area (Å²) in [5, 5.41) is 10.5. The van der Waals surface area contributed by atoms with E-state index >= 15 is 0 Å². The minimum atomic E-state index is -0.189. The fourth-order valence-corrected chi connectivity index (χ4v) is 3.64. The van der Waals surface area contributed by atoms with E-state index in [0.717, 1.165) is 30.3 Å². The summed E-state index contributed by atoms with van der Waals surface area (Å²) in [6.07, 6.45) is 3.35. The predicted molar refractivity (Wildman–Crippen MR) is 84.2 cm³/mol. The van der Waals surface area contributed by atoms with Crippen LogP contribution >= 0.6 is 11.3 Å². The van der Waals surface area contributed by atoms with Gasteiger partial charge >= 0.3 is 0 Å². The summed E-state index contributed by atoms with van der Waals surface area (Å²) in [6, 6.07) is -0.189. The van der Waals surface area contributed by atoms with Gasteiger partial charge in [0.25, 0.3) is 5.91 Å². The van der Waals surface area contributed by atoms with Gasteiger partial charge in [0.15, 0.2) is 0 Å². The molecule has 2 aromatic rings. The second-order valence-corrected chi connectivity index (χ2v) is 6.86. The Bertz CT molecular complexity index is 695. The lowest BCUT2D eigenvalue weighted by atomic mass is 10.0. The number of carbonyl (C=O) groups excluding carboxylic acids is 1. The van der Waals surface area contributed by atoms with Crippen molar-refractivity contribution in [3.63, 3.8) is 0 Å². The minimum absolute atomic E-state index is 0.0595. The van der Waals surface area contributed by atoms with Crippen LogP contribution in [0.15, 0.2) is 10.9 Å². The van der Waals surface area contributed by atoms with Gasteiger partial charge in [0.1, 0.15) is 17.4 Å². The smallest absolute Gasteiger partial charge is 0.273 e. The van der Waals surface area contributed by atoms with Crippen molar-refractivity contribution in [2.24, 2.45) is 5.92 Å². The predicted octanol–water partition coefficient (Wildman–Crippen LogP) is 1.53. The molecule has 8 heteroatoms. The number of nitrogens with zero attached hydrogens (tertiary/aromatic N) is 5. The third-order valence-electron chi connectivity index (χ3n) is 4.51. The molecule has 1 aliphatic carbocycles. The Labute approximate surface area is 138 Å². The first-order valence-corrected chi connectivity index (χ1v) is 8.82. The highest BCUT2D eigenvalue weighted by atomic mass is 32.1. The molecular formula is C15H19N5O2S. The van der Waals surface area contributed by atoms with Crippen molar-refractivity contribution in [1.82, 2.24) is 24.9 Å². The van der Waals surface area contributed by atoms with Gasteiger partial charge in [-0.25, -0.2) is 9.67 Å². The van der Waals surface area contributed by atoms with E-state index in [4.69, 9.17) is 4.74 Å². The van der Waals surface area contributed by atoms with E-state index in [9.17, 15) is 4.79 Å². The molecule has 4 rings (SSSR count). The lowest BCUT2D eigenvalue weighted by Gasteiger charge is -2.34. The number of carbonyl (C=O) groups is 1. The molecule has 1 fully saturated rings. The SMILES string of the molecule is COCC1c2nnn(CC3CC3)c2CCN1C(=O)c1cscn1. The maximum absolute atomic E-state index is 12.7. The van der Waals surface area contributed by atoms with Crippen molar-refractivity contribution in [3.8, 4) is 0 Å². The van der Waals surface area contributed by atoms with Crippen LogP contribution in [0.25, 0.3) is 0 Å². The van der Waals surface area contributed by atoms with Crippen LogP contribution in [0.1, 0.15) is 40.8 Å². The monoisotopic (exact) mass is 333 g/mol. The van der Waals surface area contributed by atoms with Gasteiger partial charge in [0, 0.05) is 32.0 Å². The fourth-order valence-electron chi connectivity index (χ4n) is 3.12. The highest BCUT2D eigenvalue weighted by Crippen LogP contribution is 2.34. The van der Waals surface area contributed by atoms with E-state index in [1.54, 1.807) is 18.0 Å². The Balaban J connectivity index is 1.62. The highest BCUT2D eigenvalue weighted by molar-refractivity contribution is 7.07. The second kappa shape index (κ2) is 6.01. The molecule has 1 unspecified atom stereocenters. The Hall–Kier alpha value is -1.80.